The number of methoxy groups -OCH3 is 1. The number of ether oxygens (including phenoxy) is 2. The van der Waals surface area contributed by atoms with E-state index in [1.165, 1.54) is 5.56 Å². The summed E-state index contributed by atoms with van der Waals surface area (Å²) in [5.74, 6) is 1.44. The average Bonchev–Trinajstić information content (AvgIpc) is 2.92. The van der Waals surface area contributed by atoms with Crippen molar-refractivity contribution in [2.24, 2.45) is 0 Å². The van der Waals surface area contributed by atoms with Gasteiger partial charge in [0.05, 0.1) is 7.11 Å². The van der Waals surface area contributed by atoms with Gasteiger partial charge >= 0.3 is 0 Å². The van der Waals surface area contributed by atoms with Crippen molar-refractivity contribution in [2.75, 3.05) is 7.11 Å². The fourth-order valence-electron chi connectivity index (χ4n) is 4.23. The van der Waals surface area contributed by atoms with E-state index < -0.39 is 0 Å². The van der Waals surface area contributed by atoms with Crippen LogP contribution < -0.4 is 9.47 Å². The van der Waals surface area contributed by atoms with Crippen LogP contribution in [-0.4, -0.2) is 17.9 Å². The van der Waals surface area contributed by atoms with E-state index in [0.29, 0.717) is 31.0 Å². The fourth-order valence-corrected chi connectivity index (χ4v) is 4.23. The second kappa shape index (κ2) is 11.8. The van der Waals surface area contributed by atoms with Gasteiger partial charge in [0, 0.05) is 24.2 Å². The van der Waals surface area contributed by atoms with Crippen molar-refractivity contribution < 1.29 is 14.3 Å². The molecule has 0 N–H and O–H groups in total. The van der Waals surface area contributed by atoms with Crippen LogP contribution in [0.3, 0.4) is 0 Å². The fraction of sp³-hybridized carbons (Fsp3) is 0.242. The topological polar surface area (TPSA) is 38.8 Å². The third-order valence-electron chi connectivity index (χ3n) is 6.36. The summed E-state index contributed by atoms with van der Waals surface area (Å²) in [6.07, 6.45) is 0. The van der Waals surface area contributed by atoms with E-state index in [-0.39, 0.29) is 11.3 Å². The minimum absolute atomic E-state index is 0.0360. The molecule has 0 bridgehead atoms. The van der Waals surface area contributed by atoms with Gasteiger partial charge in [-0.2, -0.15) is 0 Å². The van der Waals surface area contributed by atoms with E-state index in [1.54, 1.807) is 7.11 Å². The molecule has 4 heteroatoms. The number of carbonyl (C=O) groups excluding carboxylic acids is 1. The largest absolute Gasteiger partial charge is 0.496 e. The lowest BCUT2D eigenvalue weighted by Gasteiger charge is -2.24. The van der Waals surface area contributed by atoms with Crippen LogP contribution in [-0.2, 0) is 25.1 Å². The normalized spacial score (nSPS) is 11.1. The molecule has 4 rings (SSSR count). The van der Waals surface area contributed by atoms with Crippen molar-refractivity contribution in [2.45, 2.75) is 45.9 Å². The van der Waals surface area contributed by atoms with Crippen molar-refractivity contribution in [1.82, 2.24) is 4.90 Å². The summed E-state index contributed by atoms with van der Waals surface area (Å²) in [4.78, 5) is 15.6. The highest BCUT2D eigenvalue weighted by molar-refractivity contribution is 5.94. The molecule has 0 aliphatic rings. The van der Waals surface area contributed by atoms with Gasteiger partial charge in [-0.25, -0.2) is 0 Å². The molecule has 0 radical (unpaired) electrons. The van der Waals surface area contributed by atoms with Gasteiger partial charge in [0.25, 0.3) is 5.91 Å². The minimum atomic E-state index is -0.0360. The lowest BCUT2D eigenvalue weighted by molar-refractivity contribution is 0.0729. The number of carbonyl (C=O) groups is 1. The van der Waals surface area contributed by atoms with Crippen LogP contribution in [0.15, 0.2) is 103 Å². The molecule has 0 aromatic heterocycles. The van der Waals surface area contributed by atoms with E-state index in [9.17, 15) is 4.79 Å². The zero-order chi connectivity index (χ0) is 26.3. The van der Waals surface area contributed by atoms with Gasteiger partial charge < -0.3 is 14.4 Å². The molecule has 0 fully saturated rings. The second-order valence-corrected chi connectivity index (χ2v) is 10.2. The molecular weight excluding hydrogens is 458 g/mol. The van der Waals surface area contributed by atoms with Gasteiger partial charge in [-0.3, -0.25) is 4.79 Å². The maximum Gasteiger partial charge on any atom is 0.254 e. The Hall–Kier alpha value is -4.05. The van der Waals surface area contributed by atoms with Crippen LogP contribution in [0.5, 0.6) is 11.5 Å². The first-order valence-electron chi connectivity index (χ1n) is 12.6. The molecule has 1 amide bonds. The minimum Gasteiger partial charge on any atom is -0.496 e. The Morgan fingerprint density at radius 2 is 1.32 bits per heavy atom. The molecule has 4 aromatic carbocycles. The zero-order valence-electron chi connectivity index (χ0n) is 22.1. The summed E-state index contributed by atoms with van der Waals surface area (Å²) < 4.78 is 11.7. The van der Waals surface area contributed by atoms with E-state index in [0.717, 1.165) is 22.4 Å². The summed E-state index contributed by atoms with van der Waals surface area (Å²) in [5, 5.41) is 0. The third-order valence-corrected chi connectivity index (χ3v) is 6.36. The SMILES string of the molecule is COc1ccc(C(=O)N(Cc2ccccc2)Cc2ccccc2)cc1COc1ccc(C(C)(C)C)cc1. The Balaban J connectivity index is 1.55. The Morgan fingerprint density at radius 3 is 1.84 bits per heavy atom. The predicted molar refractivity (Wildman–Crippen MR) is 149 cm³/mol. The van der Waals surface area contributed by atoms with Crippen molar-refractivity contribution in [3.05, 3.63) is 131 Å². The molecule has 0 spiro atoms. The number of hydrogen-bond acceptors (Lipinski definition) is 3. The van der Waals surface area contributed by atoms with E-state index >= 15 is 0 Å². The van der Waals surface area contributed by atoms with Gasteiger partial charge in [-0.1, -0.05) is 93.6 Å². The average molecular weight is 494 g/mol. The number of nitrogens with zero attached hydrogens (tertiary/aromatic N) is 1. The monoisotopic (exact) mass is 493 g/mol. The van der Waals surface area contributed by atoms with Gasteiger partial charge in [0.15, 0.2) is 0 Å². The molecule has 0 saturated carbocycles. The van der Waals surface area contributed by atoms with Crippen LogP contribution >= 0.6 is 0 Å². The number of benzene rings is 4. The summed E-state index contributed by atoms with van der Waals surface area (Å²) in [7, 11) is 1.63. The van der Waals surface area contributed by atoms with Crippen molar-refractivity contribution in [1.29, 1.82) is 0 Å². The maximum absolute atomic E-state index is 13.8. The highest BCUT2D eigenvalue weighted by Crippen LogP contribution is 2.27. The quantitative estimate of drug-likeness (QED) is 0.244. The number of hydrogen-bond donors (Lipinski definition) is 0. The first-order chi connectivity index (χ1) is 17.8. The molecule has 0 atom stereocenters. The van der Waals surface area contributed by atoms with Gasteiger partial charge in [0.1, 0.15) is 18.1 Å². The van der Waals surface area contributed by atoms with E-state index in [1.807, 2.05) is 95.9 Å². The summed E-state index contributed by atoms with van der Waals surface area (Å²) in [6.45, 7) is 7.91. The highest BCUT2D eigenvalue weighted by Gasteiger charge is 2.19. The number of rotatable bonds is 9. The Labute approximate surface area is 220 Å². The highest BCUT2D eigenvalue weighted by atomic mass is 16.5. The van der Waals surface area contributed by atoms with Crippen LogP contribution in [0.25, 0.3) is 0 Å². The van der Waals surface area contributed by atoms with Crippen molar-refractivity contribution >= 4 is 5.91 Å². The van der Waals surface area contributed by atoms with Crippen molar-refractivity contribution in [3.8, 4) is 11.5 Å². The lowest BCUT2D eigenvalue weighted by atomic mass is 9.87. The summed E-state index contributed by atoms with van der Waals surface area (Å²) in [5.41, 5.74) is 4.94. The predicted octanol–water partition coefficient (Wildman–Crippen LogP) is 7.41. The Morgan fingerprint density at radius 1 is 0.757 bits per heavy atom. The molecule has 0 aliphatic carbocycles. The summed E-state index contributed by atoms with van der Waals surface area (Å²) >= 11 is 0. The summed E-state index contributed by atoms with van der Waals surface area (Å²) in [6, 6.07) is 33.9. The van der Waals surface area contributed by atoms with Crippen LogP contribution in [0.1, 0.15) is 53.4 Å². The first kappa shape index (κ1) is 26.0. The smallest absolute Gasteiger partial charge is 0.254 e. The van der Waals surface area contributed by atoms with Crippen LogP contribution in [0, 0.1) is 0 Å². The molecule has 4 nitrogen and oxygen atoms in total. The molecule has 0 saturated heterocycles. The molecular formula is C33H35NO3. The maximum atomic E-state index is 13.8. The standard InChI is InChI=1S/C33H35NO3/c1-33(2,3)29-16-18-30(19-17-29)37-24-28-21-27(15-20-31(28)36-4)32(35)34(22-25-11-7-5-8-12-25)23-26-13-9-6-10-14-26/h5-21H,22-24H2,1-4H3. The van der Waals surface area contributed by atoms with E-state index in [4.69, 9.17) is 9.47 Å². The van der Waals surface area contributed by atoms with E-state index in [2.05, 4.69) is 32.9 Å². The lowest BCUT2D eigenvalue weighted by Crippen LogP contribution is -2.30. The first-order valence-corrected chi connectivity index (χ1v) is 12.6. The molecule has 4 aromatic rings. The molecule has 0 heterocycles. The van der Waals surface area contributed by atoms with Crippen LogP contribution in [0.4, 0.5) is 0 Å². The number of amides is 1. The second-order valence-electron chi connectivity index (χ2n) is 10.2. The molecule has 0 aliphatic heterocycles. The molecule has 190 valence electrons. The van der Waals surface area contributed by atoms with Crippen LogP contribution in [0.2, 0.25) is 0 Å². The van der Waals surface area contributed by atoms with Gasteiger partial charge in [-0.15, -0.1) is 0 Å². The zero-order valence-corrected chi connectivity index (χ0v) is 22.1. The third kappa shape index (κ3) is 7.01. The Bertz CT molecular complexity index is 1250. The van der Waals surface area contributed by atoms with Gasteiger partial charge in [-0.05, 0) is 52.4 Å². The van der Waals surface area contributed by atoms with Gasteiger partial charge in [0.2, 0.25) is 0 Å². The van der Waals surface area contributed by atoms with Crippen molar-refractivity contribution in [3.63, 3.8) is 0 Å². The molecule has 37 heavy (non-hydrogen) atoms. The Kier molecular flexibility index (Phi) is 8.29. The molecule has 0 unspecified atom stereocenters.